The van der Waals surface area contributed by atoms with Gasteiger partial charge in [-0.05, 0) is 62.1 Å². The van der Waals surface area contributed by atoms with Crippen LogP contribution >= 0.6 is 11.6 Å². The Bertz CT molecular complexity index is 1460. The molecule has 0 unspecified atom stereocenters. The van der Waals surface area contributed by atoms with Crippen LogP contribution in [0.4, 0.5) is 0 Å². The maximum atomic E-state index is 13.2. The van der Waals surface area contributed by atoms with Crippen LogP contribution in [0.15, 0.2) is 45.6 Å². The van der Waals surface area contributed by atoms with Crippen LogP contribution in [0.1, 0.15) is 51.5 Å². The number of carbonyl (C=O) groups is 1. The number of Topliss-reactive ketones (excluding diaryl/α,β-unsaturated/α-hetero) is 1. The van der Waals surface area contributed by atoms with Crippen molar-refractivity contribution in [3.05, 3.63) is 57.2 Å². The zero-order valence-corrected chi connectivity index (χ0v) is 26.0. The minimum Gasteiger partial charge on any atom is -0.507 e. The molecule has 2 N–H and O–H groups in total. The van der Waals surface area contributed by atoms with Gasteiger partial charge in [-0.2, -0.15) is 0 Å². The van der Waals surface area contributed by atoms with Gasteiger partial charge in [-0.15, -0.1) is 0 Å². The number of nitrogens with zero attached hydrogens (tertiary/aromatic N) is 1. The molecule has 9 heteroatoms. The van der Waals surface area contributed by atoms with Crippen molar-refractivity contribution in [3.63, 3.8) is 0 Å². The molecule has 2 heterocycles. The van der Waals surface area contributed by atoms with Gasteiger partial charge >= 0.3 is 0 Å². The third-order valence-corrected chi connectivity index (χ3v) is 13.5. The molecular formula is C31H40ClNO6Si. The molecule has 0 spiro atoms. The standard InChI is InChI=1S/C31H40ClNO6Si/c1-31(2,3)40(5,6)38-14-12-20(34)15-19-18-33(4)13-11-21(19)28-24(35)16-25(36)29-26(37)17-27(39-30(28)29)22-9-7-8-10-23(22)32/h7-10,16-17,19,21,35-36H,11-15,18H2,1-6H3/t19-,21+/m1/s1. The van der Waals surface area contributed by atoms with Crippen molar-refractivity contribution in [1.29, 1.82) is 0 Å². The van der Waals surface area contributed by atoms with Gasteiger partial charge in [0.1, 0.15) is 34.0 Å². The number of rotatable bonds is 8. The molecule has 1 aliphatic heterocycles. The Morgan fingerprint density at radius 3 is 2.55 bits per heavy atom. The molecule has 3 aromatic rings. The Labute approximate surface area is 241 Å². The van der Waals surface area contributed by atoms with Crippen LogP contribution in [-0.2, 0) is 9.22 Å². The monoisotopic (exact) mass is 585 g/mol. The number of ketones is 1. The van der Waals surface area contributed by atoms with Crippen molar-refractivity contribution < 1.29 is 23.9 Å². The summed E-state index contributed by atoms with van der Waals surface area (Å²) < 4.78 is 12.5. The maximum absolute atomic E-state index is 13.2. The topological polar surface area (TPSA) is 100 Å². The fourth-order valence-electron chi connectivity index (χ4n) is 5.31. The van der Waals surface area contributed by atoms with E-state index >= 15 is 0 Å². The molecule has 0 radical (unpaired) electrons. The number of likely N-dealkylation sites (tertiary alicyclic amines) is 1. The summed E-state index contributed by atoms with van der Waals surface area (Å²) in [6, 6.07) is 9.54. The van der Waals surface area contributed by atoms with E-state index in [-0.39, 0.29) is 50.9 Å². The Hall–Kier alpha value is -2.65. The van der Waals surface area contributed by atoms with Crippen LogP contribution in [0, 0.1) is 5.92 Å². The van der Waals surface area contributed by atoms with Gasteiger partial charge in [-0.1, -0.05) is 44.5 Å². The fourth-order valence-corrected chi connectivity index (χ4v) is 6.58. The number of carbonyl (C=O) groups excluding carboxylic acids is 1. The number of hydrogen-bond donors (Lipinski definition) is 2. The second-order valence-electron chi connectivity index (χ2n) is 12.5. The van der Waals surface area contributed by atoms with E-state index in [1.54, 1.807) is 24.3 Å². The van der Waals surface area contributed by atoms with E-state index in [1.165, 1.54) is 12.1 Å². The second kappa shape index (κ2) is 11.7. The lowest BCUT2D eigenvalue weighted by Crippen LogP contribution is -2.41. The van der Waals surface area contributed by atoms with Crippen molar-refractivity contribution in [3.8, 4) is 22.8 Å². The van der Waals surface area contributed by atoms with Gasteiger partial charge in [-0.3, -0.25) is 9.59 Å². The normalized spacial score (nSPS) is 18.8. The number of fused-ring (bicyclic) bond motifs is 1. The number of phenols is 2. The van der Waals surface area contributed by atoms with Crippen LogP contribution < -0.4 is 5.43 Å². The third-order valence-electron chi connectivity index (χ3n) is 8.58. The zero-order valence-electron chi connectivity index (χ0n) is 24.2. The van der Waals surface area contributed by atoms with Gasteiger partial charge in [0.25, 0.3) is 0 Å². The molecule has 7 nitrogen and oxygen atoms in total. The average Bonchev–Trinajstić information content (AvgIpc) is 2.84. The van der Waals surface area contributed by atoms with Crippen molar-refractivity contribution in [2.45, 2.75) is 64.1 Å². The number of piperidine rings is 1. The van der Waals surface area contributed by atoms with E-state index < -0.39 is 13.7 Å². The lowest BCUT2D eigenvalue weighted by molar-refractivity contribution is -0.121. The highest BCUT2D eigenvalue weighted by Crippen LogP contribution is 2.45. The highest BCUT2D eigenvalue weighted by Gasteiger charge is 2.38. The van der Waals surface area contributed by atoms with Crippen molar-refractivity contribution in [2.75, 3.05) is 26.7 Å². The van der Waals surface area contributed by atoms with E-state index in [4.69, 9.17) is 20.4 Å². The van der Waals surface area contributed by atoms with Gasteiger partial charge in [0.2, 0.25) is 0 Å². The van der Waals surface area contributed by atoms with E-state index in [0.29, 0.717) is 48.6 Å². The minimum absolute atomic E-state index is 0.00961. The lowest BCUT2D eigenvalue weighted by Gasteiger charge is -2.37. The Morgan fingerprint density at radius 2 is 1.88 bits per heavy atom. The molecule has 40 heavy (non-hydrogen) atoms. The Morgan fingerprint density at radius 1 is 1.18 bits per heavy atom. The van der Waals surface area contributed by atoms with E-state index in [1.807, 2.05) is 7.05 Å². The summed E-state index contributed by atoms with van der Waals surface area (Å²) in [5.41, 5.74) is 0.683. The maximum Gasteiger partial charge on any atom is 0.197 e. The third kappa shape index (κ3) is 6.30. The predicted molar refractivity (Wildman–Crippen MR) is 162 cm³/mol. The van der Waals surface area contributed by atoms with Gasteiger partial charge in [0, 0.05) is 49.3 Å². The summed E-state index contributed by atoms with van der Waals surface area (Å²) in [6.45, 7) is 12.7. The number of phenolic OH excluding ortho intramolecular Hbond substituents is 2. The van der Waals surface area contributed by atoms with Crippen molar-refractivity contribution >= 4 is 36.7 Å². The van der Waals surface area contributed by atoms with Crippen LogP contribution in [0.5, 0.6) is 11.5 Å². The molecule has 0 amide bonds. The molecule has 0 aliphatic carbocycles. The van der Waals surface area contributed by atoms with E-state index in [2.05, 4.69) is 38.8 Å². The SMILES string of the molecule is CN1CC[C@H](c2c(O)cc(O)c3c(=O)cc(-c4ccccc4Cl)oc23)[C@H](CC(=O)CCO[Si](C)(C)C(C)(C)C)C1. The first-order chi connectivity index (χ1) is 18.7. The number of halogens is 1. The van der Waals surface area contributed by atoms with Crippen LogP contribution in [0.25, 0.3) is 22.3 Å². The summed E-state index contributed by atoms with van der Waals surface area (Å²) in [5.74, 6) is -0.527. The average molecular weight is 586 g/mol. The first-order valence-corrected chi connectivity index (χ1v) is 17.1. The molecule has 2 aromatic carbocycles. The second-order valence-corrected chi connectivity index (χ2v) is 17.7. The smallest absolute Gasteiger partial charge is 0.197 e. The molecular weight excluding hydrogens is 546 g/mol. The largest absolute Gasteiger partial charge is 0.507 e. The Kier molecular flexibility index (Phi) is 8.85. The molecule has 1 aliphatic rings. The summed E-state index contributed by atoms with van der Waals surface area (Å²) in [4.78, 5) is 28.6. The highest BCUT2D eigenvalue weighted by molar-refractivity contribution is 6.74. The summed E-state index contributed by atoms with van der Waals surface area (Å²) >= 11 is 6.39. The van der Waals surface area contributed by atoms with Crippen molar-refractivity contribution in [2.24, 2.45) is 5.92 Å². The molecule has 1 aromatic heterocycles. The molecule has 1 saturated heterocycles. The number of aromatic hydroxyl groups is 2. The first-order valence-electron chi connectivity index (χ1n) is 13.8. The number of hydrogen-bond acceptors (Lipinski definition) is 7. The highest BCUT2D eigenvalue weighted by atomic mass is 35.5. The van der Waals surface area contributed by atoms with Gasteiger partial charge in [0.15, 0.2) is 13.7 Å². The zero-order chi connectivity index (χ0) is 29.4. The molecule has 2 atom stereocenters. The molecule has 216 valence electrons. The van der Waals surface area contributed by atoms with Gasteiger partial charge in [0.05, 0.1) is 5.02 Å². The Balaban J connectivity index is 1.69. The molecule has 0 saturated carbocycles. The van der Waals surface area contributed by atoms with Crippen LogP contribution in [0.2, 0.25) is 23.2 Å². The first kappa shape index (κ1) is 30.3. The van der Waals surface area contributed by atoms with Gasteiger partial charge < -0.3 is 24.0 Å². The van der Waals surface area contributed by atoms with Gasteiger partial charge in [-0.25, -0.2) is 0 Å². The molecule has 4 rings (SSSR count). The predicted octanol–water partition coefficient (Wildman–Crippen LogP) is 6.93. The molecule has 1 fully saturated rings. The van der Waals surface area contributed by atoms with E-state index in [9.17, 15) is 19.8 Å². The number of benzene rings is 2. The van der Waals surface area contributed by atoms with E-state index in [0.717, 1.165) is 6.54 Å². The molecule has 0 bridgehead atoms. The van der Waals surface area contributed by atoms with Crippen molar-refractivity contribution in [1.82, 2.24) is 4.90 Å². The van der Waals surface area contributed by atoms with Crippen LogP contribution in [0.3, 0.4) is 0 Å². The lowest BCUT2D eigenvalue weighted by atomic mass is 9.77. The summed E-state index contributed by atoms with van der Waals surface area (Å²) in [7, 11) is 0.0565. The minimum atomic E-state index is -1.96. The fraction of sp³-hybridized carbons (Fsp3) is 0.484. The quantitative estimate of drug-likeness (QED) is 0.276. The summed E-state index contributed by atoms with van der Waals surface area (Å²) in [6.07, 6.45) is 1.29. The summed E-state index contributed by atoms with van der Waals surface area (Å²) in [5, 5.41) is 22.2. The van der Waals surface area contributed by atoms with Crippen LogP contribution in [-0.4, -0.2) is 56.0 Å².